The number of aryl methyl sites for hydroxylation is 1. The zero-order valence-electron chi connectivity index (χ0n) is 16.6. The van der Waals surface area contributed by atoms with Crippen LogP contribution in [0.1, 0.15) is 54.9 Å². The summed E-state index contributed by atoms with van der Waals surface area (Å²) >= 11 is 0. The molecule has 148 valence electrons. The van der Waals surface area contributed by atoms with E-state index in [1.165, 1.54) is 0 Å². The van der Waals surface area contributed by atoms with Crippen molar-refractivity contribution in [2.75, 3.05) is 17.2 Å². The first kappa shape index (κ1) is 19.9. The molecule has 5 heteroatoms. The number of amides is 2. The fourth-order valence-electron chi connectivity index (χ4n) is 2.86. The van der Waals surface area contributed by atoms with Crippen LogP contribution in [0.25, 0.3) is 0 Å². The molecule has 0 atom stereocenters. The van der Waals surface area contributed by atoms with Crippen LogP contribution in [0.3, 0.4) is 0 Å². The van der Waals surface area contributed by atoms with Crippen molar-refractivity contribution in [3.05, 3.63) is 53.6 Å². The molecule has 1 aliphatic carbocycles. The van der Waals surface area contributed by atoms with Crippen molar-refractivity contribution in [1.82, 2.24) is 0 Å². The summed E-state index contributed by atoms with van der Waals surface area (Å²) in [5.74, 6) is 0.773. The van der Waals surface area contributed by atoms with E-state index in [2.05, 4.69) is 17.6 Å². The molecule has 2 aromatic rings. The average Bonchev–Trinajstić information content (AvgIpc) is 3.54. The molecule has 0 unspecified atom stereocenters. The molecule has 1 aliphatic rings. The van der Waals surface area contributed by atoms with Gasteiger partial charge in [-0.3, -0.25) is 9.59 Å². The minimum atomic E-state index is -0.194. The summed E-state index contributed by atoms with van der Waals surface area (Å²) in [5.41, 5.74) is 2.92. The van der Waals surface area contributed by atoms with E-state index in [-0.39, 0.29) is 17.7 Å². The molecule has 0 saturated heterocycles. The van der Waals surface area contributed by atoms with E-state index in [0.717, 1.165) is 49.1 Å². The Labute approximate surface area is 166 Å². The van der Waals surface area contributed by atoms with Gasteiger partial charge in [-0.15, -0.1) is 0 Å². The number of ether oxygens (including phenoxy) is 1. The van der Waals surface area contributed by atoms with Crippen molar-refractivity contribution in [3.8, 4) is 5.75 Å². The number of rotatable bonds is 9. The lowest BCUT2D eigenvalue weighted by Crippen LogP contribution is -2.15. The number of benzene rings is 2. The maximum absolute atomic E-state index is 12.5. The molecule has 0 heterocycles. The van der Waals surface area contributed by atoms with E-state index in [0.29, 0.717) is 17.9 Å². The van der Waals surface area contributed by atoms with Crippen LogP contribution in [0.5, 0.6) is 5.75 Å². The summed E-state index contributed by atoms with van der Waals surface area (Å²) in [6.45, 7) is 4.79. The van der Waals surface area contributed by atoms with Gasteiger partial charge in [-0.2, -0.15) is 0 Å². The largest absolute Gasteiger partial charge is 0.494 e. The van der Waals surface area contributed by atoms with Crippen LogP contribution >= 0.6 is 0 Å². The first-order valence-electron chi connectivity index (χ1n) is 10.0. The standard InChI is InChI=1S/C23H28N2O3/c1-3-4-5-14-28-20-12-9-18(10-13-20)22(26)24-19-11-6-16(2)21(15-19)25-23(27)17-7-8-17/h6,9-13,15,17H,3-5,7-8,14H2,1-2H3,(H,24,26)(H,25,27). The molecule has 0 spiro atoms. The van der Waals surface area contributed by atoms with Crippen molar-refractivity contribution >= 4 is 23.2 Å². The highest BCUT2D eigenvalue weighted by molar-refractivity contribution is 6.05. The fraction of sp³-hybridized carbons (Fsp3) is 0.391. The lowest BCUT2D eigenvalue weighted by Gasteiger charge is -2.12. The van der Waals surface area contributed by atoms with Gasteiger partial charge in [-0.25, -0.2) is 0 Å². The summed E-state index contributed by atoms with van der Waals surface area (Å²) in [5, 5.41) is 5.85. The zero-order valence-corrected chi connectivity index (χ0v) is 16.6. The van der Waals surface area contributed by atoms with Crippen LogP contribution in [-0.4, -0.2) is 18.4 Å². The number of carbonyl (C=O) groups excluding carboxylic acids is 2. The Morgan fingerprint density at radius 1 is 1.04 bits per heavy atom. The van der Waals surface area contributed by atoms with Crippen molar-refractivity contribution in [1.29, 1.82) is 0 Å². The second-order valence-corrected chi connectivity index (χ2v) is 7.33. The molecule has 3 rings (SSSR count). The third-order valence-electron chi connectivity index (χ3n) is 4.83. The van der Waals surface area contributed by atoms with Crippen molar-refractivity contribution < 1.29 is 14.3 Å². The molecule has 1 fully saturated rings. The Morgan fingerprint density at radius 3 is 2.46 bits per heavy atom. The molecule has 0 aromatic heterocycles. The lowest BCUT2D eigenvalue weighted by atomic mass is 10.1. The molecule has 0 bridgehead atoms. The Bertz CT molecular complexity index is 826. The fourth-order valence-corrected chi connectivity index (χ4v) is 2.86. The third kappa shape index (κ3) is 5.59. The van der Waals surface area contributed by atoms with E-state index < -0.39 is 0 Å². The van der Waals surface area contributed by atoms with Crippen LogP contribution in [0.4, 0.5) is 11.4 Å². The second kappa shape index (κ2) is 9.40. The van der Waals surface area contributed by atoms with Gasteiger partial charge in [0, 0.05) is 22.9 Å². The number of anilines is 2. The molecule has 0 aliphatic heterocycles. The SMILES string of the molecule is CCCCCOc1ccc(C(=O)Nc2ccc(C)c(NC(=O)C3CC3)c2)cc1. The summed E-state index contributed by atoms with van der Waals surface area (Å²) in [6.07, 6.45) is 5.26. The predicted octanol–water partition coefficient (Wildman–Crippen LogP) is 5.16. The van der Waals surface area contributed by atoms with Gasteiger partial charge in [0.15, 0.2) is 0 Å². The maximum atomic E-state index is 12.5. The van der Waals surface area contributed by atoms with Crippen LogP contribution < -0.4 is 15.4 Å². The van der Waals surface area contributed by atoms with Crippen molar-refractivity contribution in [2.45, 2.75) is 46.0 Å². The highest BCUT2D eigenvalue weighted by atomic mass is 16.5. The molecule has 28 heavy (non-hydrogen) atoms. The van der Waals surface area contributed by atoms with E-state index in [1.807, 2.05) is 31.2 Å². The average molecular weight is 380 g/mol. The van der Waals surface area contributed by atoms with Crippen molar-refractivity contribution in [3.63, 3.8) is 0 Å². The summed E-state index contributed by atoms with van der Waals surface area (Å²) < 4.78 is 5.68. The number of unbranched alkanes of at least 4 members (excludes halogenated alkanes) is 2. The molecule has 1 saturated carbocycles. The van der Waals surface area contributed by atoms with Gasteiger partial charge in [-0.1, -0.05) is 25.8 Å². The number of hydrogen-bond acceptors (Lipinski definition) is 3. The topological polar surface area (TPSA) is 67.4 Å². The highest BCUT2D eigenvalue weighted by Crippen LogP contribution is 2.31. The van der Waals surface area contributed by atoms with Crippen LogP contribution in [0.2, 0.25) is 0 Å². The number of carbonyl (C=O) groups is 2. The van der Waals surface area contributed by atoms with Gasteiger partial charge < -0.3 is 15.4 Å². The second-order valence-electron chi connectivity index (χ2n) is 7.33. The first-order valence-corrected chi connectivity index (χ1v) is 10.0. The zero-order chi connectivity index (χ0) is 19.9. The smallest absolute Gasteiger partial charge is 0.255 e. The van der Waals surface area contributed by atoms with E-state index >= 15 is 0 Å². The highest BCUT2D eigenvalue weighted by Gasteiger charge is 2.29. The number of hydrogen-bond donors (Lipinski definition) is 2. The monoisotopic (exact) mass is 380 g/mol. The van der Waals surface area contributed by atoms with Gasteiger partial charge in [0.05, 0.1) is 6.61 Å². The molecular weight excluding hydrogens is 352 g/mol. The minimum Gasteiger partial charge on any atom is -0.494 e. The molecular formula is C23H28N2O3. The molecule has 0 radical (unpaired) electrons. The van der Waals surface area contributed by atoms with Gasteiger partial charge in [-0.05, 0) is 68.1 Å². The van der Waals surface area contributed by atoms with Crippen LogP contribution in [-0.2, 0) is 4.79 Å². The minimum absolute atomic E-state index is 0.0566. The Morgan fingerprint density at radius 2 is 1.79 bits per heavy atom. The van der Waals surface area contributed by atoms with Crippen molar-refractivity contribution in [2.24, 2.45) is 5.92 Å². The van der Waals surface area contributed by atoms with Gasteiger partial charge in [0.25, 0.3) is 5.91 Å². The van der Waals surface area contributed by atoms with Gasteiger partial charge in [0.1, 0.15) is 5.75 Å². The summed E-state index contributed by atoms with van der Waals surface area (Å²) in [4.78, 5) is 24.5. The normalized spacial score (nSPS) is 13.1. The Hall–Kier alpha value is -2.82. The molecule has 2 N–H and O–H groups in total. The van der Waals surface area contributed by atoms with E-state index in [1.54, 1.807) is 18.2 Å². The lowest BCUT2D eigenvalue weighted by molar-refractivity contribution is -0.117. The van der Waals surface area contributed by atoms with Gasteiger partial charge in [0.2, 0.25) is 5.91 Å². The quantitative estimate of drug-likeness (QED) is 0.590. The molecule has 5 nitrogen and oxygen atoms in total. The molecule has 2 amide bonds. The third-order valence-corrected chi connectivity index (χ3v) is 4.83. The molecule has 2 aromatic carbocycles. The number of nitrogens with one attached hydrogen (secondary N) is 2. The predicted molar refractivity (Wildman–Crippen MR) is 112 cm³/mol. The van der Waals surface area contributed by atoms with E-state index in [4.69, 9.17) is 4.74 Å². The van der Waals surface area contributed by atoms with E-state index in [9.17, 15) is 9.59 Å². The van der Waals surface area contributed by atoms with Crippen LogP contribution in [0, 0.1) is 12.8 Å². The van der Waals surface area contributed by atoms with Gasteiger partial charge >= 0.3 is 0 Å². The van der Waals surface area contributed by atoms with Crippen LogP contribution in [0.15, 0.2) is 42.5 Å². The first-order chi connectivity index (χ1) is 13.6. The Balaban J connectivity index is 1.58. The summed E-state index contributed by atoms with van der Waals surface area (Å²) in [6, 6.07) is 12.7. The Kier molecular flexibility index (Phi) is 6.69. The summed E-state index contributed by atoms with van der Waals surface area (Å²) in [7, 11) is 0. The maximum Gasteiger partial charge on any atom is 0.255 e.